The molecule has 2 N–H and O–H groups in total. The topological polar surface area (TPSA) is 70.1 Å². The summed E-state index contributed by atoms with van der Waals surface area (Å²) in [4.78, 5) is 16.8. The normalized spacial score (nSPS) is 37.4. The van der Waals surface area contributed by atoms with Crippen molar-refractivity contribution in [2.24, 2.45) is 0 Å². The quantitative estimate of drug-likeness (QED) is 0.392. The van der Waals surface area contributed by atoms with Crippen molar-refractivity contribution in [3.8, 4) is 0 Å². The fraction of sp³-hybridized carbons (Fsp3) is 1.00. The zero-order chi connectivity index (χ0) is 6.41. The lowest BCUT2D eigenvalue weighted by atomic mass is 10.6. The minimum absolute atomic E-state index is 0.178. The molecule has 4 nitrogen and oxygen atoms in total. The predicted octanol–water partition coefficient (Wildman–Crippen LogP) is -0.0895. The monoisotopic (exact) mass is 138 g/mol. The molecule has 5 heteroatoms. The van der Waals surface area contributed by atoms with Crippen LogP contribution in [0.4, 0.5) is 0 Å². The molecule has 48 valence electrons. The van der Waals surface area contributed by atoms with Crippen LogP contribution in [0.3, 0.4) is 0 Å². The van der Waals surface area contributed by atoms with Crippen molar-refractivity contribution >= 4 is 7.60 Å². The highest BCUT2D eigenvalue weighted by atomic mass is 31.2. The van der Waals surface area contributed by atoms with Gasteiger partial charge in [0, 0.05) is 0 Å². The highest BCUT2D eigenvalue weighted by Crippen LogP contribution is 2.58. The van der Waals surface area contributed by atoms with Crippen LogP contribution in [-0.2, 0) is 9.30 Å². The van der Waals surface area contributed by atoms with Gasteiger partial charge in [-0.2, -0.15) is 0 Å². The molecule has 1 atom stereocenters. The summed E-state index contributed by atoms with van der Waals surface area (Å²) in [6.45, 7) is 1.57. The van der Waals surface area contributed by atoms with Crippen molar-refractivity contribution in [3.05, 3.63) is 0 Å². The SMILES string of the molecule is CC1(P(=O)(O)O)CO1. The predicted molar refractivity (Wildman–Crippen MR) is 26.4 cm³/mol. The Labute approximate surface area is 46.6 Å². The van der Waals surface area contributed by atoms with E-state index in [4.69, 9.17) is 9.79 Å². The molecule has 1 heterocycles. The minimum atomic E-state index is -3.96. The van der Waals surface area contributed by atoms with Crippen LogP contribution in [0.5, 0.6) is 0 Å². The van der Waals surface area contributed by atoms with E-state index in [0.29, 0.717) is 0 Å². The molecule has 1 fully saturated rings. The third-order valence-electron chi connectivity index (χ3n) is 1.18. The third kappa shape index (κ3) is 0.801. The van der Waals surface area contributed by atoms with Gasteiger partial charge in [0.1, 0.15) is 0 Å². The van der Waals surface area contributed by atoms with Gasteiger partial charge in [-0.1, -0.05) is 0 Å². The van der Waals surface area contributed by atoms with E-state index in [1.54, 1.807) is 0 Å². The molecule has 0 aromatic heterocycles. The number of hydrogen-bond acceptors (Lipinski definition) is 2. The Hall–Kier alpha value is 0.110. The lowest BCUT2D eigenvalue weighted by Gasteiger charge is -2.04. The zero-order valence-corrected chi connectivity index (χ0v) is 5.26. The van der Waals surface area contributed by atoms with Gasteiger partial charge in [0.2, 0.25) is 0 Å². The van der Waals surface area contributed by atoms with Crippen molar-refractivity contribution in [1.82, 2.24) is 0 Å². The summed E-state index contributed by atoms with van der Waals surface area (Å²) >= 11 is 0. The molecule has 0 radical (unpaired) electrons. The van der Waals surface area contributed by atoms with Crippen LogP contribution in [0, 0.1) is 0 Å². The summed E-state index contributed by atoms with van der Waals surface area (Å²) in [6, 6.07) is 0. The van der Waals surface area contributed by atoms with Gasteiger partial charge < -0.3 is 14.5 Å². The molecule has 0 aromatic rings. The van der Waals surface area contributed by atoms with Crippen LogP contribution in [-0.4, -0.2) is 21.7 Å². The maximum absolute atomic E-state index is 10.3. The van der Waals surface area contributed by atoms with Gasteiger partial charge in [-0.25, -0.2) is 0 Å². The van der Waals surface area contributed by atoms with E-state index >= 15 is 0 Å². The van der Waals surface area contributed by atoms with Crippen LogP contribution in [0.25, 0.3) is 0 Å². The van der Waals surface area contributed by atoms with Gasteiger partial charge in [0.05, 0.1) is 6.61 Å². The Balaban J connectivity index is 2.73. The third-order valence-corrected chi connectivity index (χ3v) is 2.67. The molecule has 8 heavy (non-hydrogen) atoms. The van der Waals surface area contributed by atoms with E-state index in [9.17, 15) is 4.57 Å². The van der Waals surface area contributed by atoms with E-state index < -0.39 is 12.9 Å². The molecule has 1 unspecified atom stereocenters. The molecule has 0 amide bonds. The van der Waals surface area contributed by atoms with Gasteiger partial charge in [-0.05, 0) is 6.92 Å². The lowest BCUT2D eigenvalue weighted by molar-refractivity contribution is 0.298. The van der Waals surface area contributed by atoms with Gasteiger partial charge in [-0.3, -0.25) is 4.57 Å². The van der Waals surface area contributed by atoms with E-state index in [1.165, 1.54) is 6.92 Å². The van der Waals surface area contributed by atoms with Crippen molar-refractivity contribution in [2.75, 3.05) is 6.61 Å². The molecule has 1 saturated heterocycles. The fourth-order valence-electron chi connectivity index (χ4n) is 0.273. The number of ether oxygens (including phenoxy) is 1. The zero-order valence-electron chi connectivity index (χ0n) is 4.37. The molecule has 0 saturated carbocycles. The Morgan fingerprint density at radius 3 is 2.12 bits per heavy atom. The van der Waals surface area contributed by atoms with Crippen LogP contribution in [0.15, 0.2) is 0 Å². The Morgan fingerprint density at radius 2 is 2.12 bits per heavy atom. The second-order valence-corrected chi connectivity index (χ2v) is 4.04. The molecule has 1 rings (SSSR count). The van der Waals surface area contributed by atoms with Crippen LogP contribution in [0.1, 0.15) is 6.92 Å². The number of rotatable bonds is 1. The maximum Gasteiger partial charge on any atom is 0.359 e. The van der Waals surface area contributed by atoms with Crippen molar-refractivity contribution in [2.45, 2.75) is 12.3 Å². The summed E-state index contributed by atoms with van der Waals surface area (Å²) in [5, 5.41) is -1.15. The number of epoxide rings is 1. The largest absolute Gasteiger partial charge is 0.359 e. The second-order valence-electron chi connectivity index (χ2n) is 2.01. The van der Waals surface area contributed by atoms with Gasteiger partial charge in [0.25, 0.3) is 0 Å². The van der Waals surface area contributed by atoms with E-state index in [0.717, 1.165) is 0 Å². The molecule has 0 spiro atoms. The molecule has 0 bridgehead atoms. The molecular weight excluding hydrogens is 131 g/mol. The standard InChI is InChI=1S/C3H7O4P/c1-3(2-7-3)8(4,5)6/h2H2,1H3,(H2,4,5,6). The summed E-state index contributed by atoms with van der Waals surface area (Å²) in [5.74, 6) is 0. The van der Waals surface area contributed by atoms with Gasteiger partial charge >= 0.3 is 7.60 Å². The Bertz CT molecular complexity index is 143. The molecular formula is C3H7O4P. The summed E-state index contributed by atoms with van der Waals surface area (Å²) in [6.07, 6.45) is 0. The van der Waals surface area contributed by atoms with Gasteiger partial charge in [0.15, 0.2) is 5.34 Å². The second kappa shape index (κ2) is 1.33. The molecule has 0 aliphatic carbocycles. The first-order chi connectivity index (χ1) is 3.46. The maximum atomic E-state index is 10.3. The average molecular weight is 138 g/mol. The van der Waals surface area contributed by atoms with Crippen LogP contribution in [0.2, 0.25) is 0 Å². The first-order valence-electron chi connectivity index (χ1n) is 2.15. The first-order valence-corrected chi connectivity index (χ1v) is 3.76. The van der Waals surface area contributed by atoms with Crippen molar-refractivity contribution in [3.63, 3.8) is 0 Å². The smallest absolute Gasteiger partial charge is 0.356 e. The highest BCUT2D eigenvalue weighted by molar-refractivity contribution is 7.53. The van der Waals surface area contributed by atoms with E-state index in [1.807, 2.05) is 0 Å². The summed E-state index contributed by atoms with van der Waals surface area (Å²) in [7, 11) is -3.96. The van der Waals surface area contributed by atoms with Crippen LogP contribution >= 0.6 is 7.60 Å². The number of hydrogen-bond donors (Lipinski definition) is 2. The fourth-order valence-corrected chi connectivity index (χ4v) is 0.674. The van der Waals surface area contributed by atoms with Crippen molar-refractivity contribution < 1.29 is 19.1 Å². The first kappa shape index (κ1) is 6.23. The molecule has 1 aliphatic heterocycles. The highest BCUT2D eigenvalue weighted by Gasteiger charge is 2.55. The average Bonchev–Trinajstić information content (AvgIpc) is 2.16. The summed E-state index contributed by atoms with van der Waals surface area (Å²) in [5.41, 5.74) is 0. The van der Waals surface area contributed by atoms with Gasteiger partial charge in [-0.15, -0.1) is 0 Å². The Morgan fingerprint density at radius 1 is 1.75 bits per heavy atom. The van der Waals surface area contributed by atoms with Crippen molar-refractivity contribution in [1.29, 1.82) is 0 Å². The van der Waals surface area contributed by atoms with E-state index in [-0.39, 0.29) is 6.61 Å². The molecule has 1 aliphatic rings. The minimum Gasteiger partial charge on any atom is -0.356 e. The lowest BCUT2D eigenvalue weighted by Crippen LogP contribution is -2.03. The summed E-state index contributed by atoms with van der Waals surface area (Å²) < 4.78 is 14.8. The Kier molecular flexibility index (Phi) is 1.04. The van der Waals surface area contributed by atoms with Crippen LogP contribution < -0.4 is 0 Å². The molecule has 0 aromatic carbocycles. The van der Waals surface area contributed by atoms with E-state index in [2.05, 4.69) is 4.74 Å².